The van der Waals surface area contributed by atoms with Gasteiger partial charge in [-0.15, -0.1) is 0 Å². The first-order chi connectivity index (χ1) is 12.2. The number of nitro groups is 1. The molecule has 0 fully saturated rings. The van der Waals surface area contributed by atoms with Crippen molar-refractivity contribution in [3.8, 4) is 0 Å². The number of primary amides is 1. The first-order valence-corrected chi connectivity index (χ1v) is 7.78. The highest BCUT2D eigenvalue weighted by molar-refractivity contribution is 5.97. The molecule has 0 aliphatic heterocycles. The average Bonchev–Trinajstić information content (AvgIpc) is 2.54. The van der Waals surface area contributed by atoms with E-state index in [-0.39, 0.29) is 6.42 Å². The Labute approximate surface area is 149 Å². The molecule has 0 unspecified atom stereocenters. The molecule has 2 rings (SSSR count). The summed E-state index contributed by atoms with van der Waals surface area (Å²) in [5.41, 5.74) is 7.09. The van der Waals surface area contributed by atoms with Crippen molar-refractivity contribution in [3.05, 3.63) is 74.6 Å². The van der Waals surface area contributed by atoms with Gasteiger partial charge in [0.1, 0.15) is 6.04 Å². The molecule has 2 aromatic rings. The van der Waals surface area contributed by atoms with Crippen LogP contribution in [0.2, 0.25) is 0 Å². The van der Waals surface area contributed by atoms with Gasteiger partial charge in [-0.1, -0.05) is 23.3 Å². The second kappa shape index (κ2) is 7.73. The molecular formula is C18H18FN3O4. The number of nitro benzene ring substituents is 1. The van der Waals surface area contributed by atoms with Gasteiger partial charge in [0.25, 0.3) is 5.91 Å². The van der Waals surface area contributed by atoms with Crippen molar-refractivity contribution in [1.29, 1.82) is 0 Å². The standard InChI is InChI=1S/C18H18FN3O4/c1-10-5-11(2)7-13(6-10)18(24)21-15(17(20)23)8-12-3-4-14(19)16(9-12)22(25)26/h3-7,9,15H,8H2,1-2H3,(H2,20,23)(H,21,24)/t15-/m1/s1. The molecule has 0 saturated heterocycles. The number of nitrogens with zero attached hydrogens (tertiary/aromatic N) is 1. The van der Waals surface area contributed by atoms with Crippen LogP contribution in [0.1, 0.15) is 27.0 Å². The summed E-state index contributed by atoms with van der Waals surface area (Å²) < 4.78 is 13.4. The van der Waals surface area contributed by atoms with Crippen LogP contribution in [-0.4, -0.2) is 22.8 Å². The van der Waals surface area contributed by atoms with Gasteiger partial charge in [0.15, 0.2) is 0 Å². The summed E-state index contributed by atoms with van der Waals surface area (Å²) in [7, 11) is 0. The van der Waals surface area contributed by atoms with E-state index in [1.807, 2.05) is 19.9 Å². The second-order valence-electron chi connectivity index (χ2n) is 6.05. The maximum Gasteiger partial charge on any atom is 0.305 e. The molecule has 0 saturated carbocycles. The van der Waals surface area contributed by atoms with Crippen molar-refractivity contribution in [3.63, 3.8) is 0 Å². The fraction of sp³-hybridized carbons (Fsp3) is 0.222. The maximum atomic E-state index is 13.4. The van der Waals surface area contributed by atoms with Gasteiger partial charge in [-0.25, -0.2) is 0 Å². The average molecular weight is 359 g/mol. The third kappa shape index (κ3) is 4.62. The van der Waals surface area contributed by atoms with Crippen LogP contribution < -0.4 is 11.1 Å². The molecule has 7 nitrogen and oxygen atoms in total. The molecule has 2 amide bonds. The van der Waals surface area contributed by atoms with E-state index in [4.69, 9.17) is 5.73 Å². The molecule has 0 aromatic heterocycles. The number of nitrogens with one attached hydrogen (secondary N) is 1. The van der Waals surface area contributed by atoms with E-state index >= 15 is 0 Å². The summed E-state index contributed by atoms with van der Waals surface area (Å²) in [6.07, 6.45) is -0.0903. The number of aryl methyl sites for hydroxylation is 2. The number of amides is 2. The lowest BCUT2D eigenvalue weighted by Crippen LogP contribution is -2.45. The van der Waals surface area contributed by atoms with Crippen LogP contribution in [0.5, 0.6) is 0 Å². The van der Waals surface area contributed by atoms with Gasteiger partial charge in [0.05, 0.1) is 4.92 Å². The predicted molar refractivity (Wildman–Crippen MR) is 93.1 cm³/mol. The Bertz CT molecular complexity index is 862. The largest absolute Gasteiger partial charge is 0.368 e. The quantitative estimate of drug-likeness (QED) is 0.607. The molecule has 8 heteroatoms. The van der Waals surface area contributed by atoms with Gasteiger partial charge in [-0.3, -0.25) is 19.7 Å². The minimum absolute atomic E-state index is 0.0903. The maximum absolute atomic E-state index is 13.4. The fourth-order valence-electron chi connectivity index (χ4n) is 2.63. The van der Waals surface area contributed by atoms with Gasteiger partial charge in [-0.05, 0) is 37.6 Å². The van der Waals surface area contributed by atoms with Crippen molar-refractivity contribution in [2.45, 2.75) is 26.3 Å². The summed E-state index contributed by atoms with van der Waals surface area (Å²) in [6, 6.07) is 7.42. The zero-order valence-corrected chi connectivity index (χ0v) is 14.3. The van der Waals surface area contributed by atoms with Crippen molar-refractivity contribution >= 4 is 17.5 Å². The van der Waals surface area contributed by atoms with Crippen molar-refractivity contribution in [2.24, 2.45) is 5.73 Å². The van der Waals surface area contributed by atoms with Crippen molar-refractivity contribution in [2.75, 3.05) is 0 Å². The number of hydrogen-bond donors (Lipinski definition) is 2. The lowest BCUT2D eigenvalue weighted by molar-refractivity contribution is -0.387. The van der Waals surface area contributed by atoms with Crippen LogP contribution in [0.3, 0.4) is 0 Å². The van der Waals surface area contributed by atoms with Crippen LogP contribution in [0.4, 0.5) is 10.1 Å². The van der Waals surface area contributed by atoms with Crippen molar-refractivity contribution < 1.29 is 18.9 Å². The first kappa shape index (κ1) is 19.0. The van der Waals surface area contributed by atoms with E-state index in [0.717, 1.165) is 23.3 Å². The zero-order valence-electron chi connectivity index (χ0n) is 14.3. The Morgan fingerprint density at radius 3 is 2.35 bits per heavy atom. The predicted octanol–water partition coefficient (Wildman–Crippen LogP) is 2.18. The molecular weight excluding hydrogens is 341 g/mol. The molecule has 1 atom stereocenters. The number of benzene rings is 2. The summed E-state index contributed by atoms with van der Waals surface area (Å²) in [5, 5.41) is 13.3. The molecule has 136 valence electrons. The molecule has 3 N–H and O–H groups in total. The SMILES string of the molecule is Cc1cc(C)cc(C(=O)N[C@H](Cc2ccc(F)c([N+](=O)[O-])c2)C(N)=O)c1. The number of carbonyl (C=O) groups excluding carboxylic acids is 2. The third-order valence-electron chi connectivity index (χ3n) is 3.78. The lowest BCUT2D eigenvalue weighted by atomic mass is 10.0. The van der Waals surface area contributed by atoms with E-state index in [1.165, 1.54) is 6.07 Å². The van der Waals surface area contributed by atoms with Crippen molar-refractivity contribution in [1.82, 2.24) is 5.32 Å². The van der Waals surface area contributed by atoms with Crippen LogP contribution in [0, 0.1) is 29.8 Å². The van der Waals surface area contributed by atoms with Gasteiger partial charge in [0, 0.05) is 18.1 Å². The smallest absolute Gasteiger partial charge is 0.305 e. The van der Waals surface area contributed by atoms with Gasteiger partial charge in [-0.2, -0.15) is 4.39 Å². The van der Waals surface area contributed by atoms with E-state index in [0.29, 0.717) is 11.1 Å². The number of rotatable bonds is 6. The molecule has 0 bridgehead atoms. The minimum atomic E-state index is -1.09. The highest BCUT2D eigenvalue weighted by Crippen LogP contribution is 2.19. The normalized spacial score (nSPS) is 11.7. The Morgan fingerprint density at radius 1 is 1.19 bits per heavy atom. The minimum Gasteiger partial charge on any atom is -0.368 e. The number of hydrogen-bond acceptors (Lipinski definition) is 4. The van der Waals surface area contributed by atoms with E-state index in [1.54, 1.807) is 12.1 Å². The highest BCUT2D eigenvalue weighted by Gasteiger charge is 2.22. The third-order valence-corrected chi connectivity index (χ3v) is 3.78. The molecule has 0 aliphatic carbocycles. The van der Waals surface area contributed by atoms with E-state index < -0.39 is 34.3 Å². The monoisotopic (exact) mass is 359 g/mol. The summed E-state index contributed by atoms with van der Waals surface area (Å²) in [4.78, 5) is 34.1. The Morgan fingerprint density at radius 2 is 1.81 bits per heavy atom. The van der Waals surface area contributed by atoms with E-state index in [2.05, 4.69) is 5.32 Å². The molecule has 26 heavy (non-hydrogen) atoms. The van der Waals surface area contributed by atoms with Gasteiger partial charge < -0.3 is 11.1 Å². The molecule has 0 spiro atoms. The second-order valence-corrected chi connectivity index (χ2v) is 6.05. The lowest BCUT2D eigenvalue weighted by Gasteiger charge is -2.16. The summed E-state index contributed by atoms with van der Waals surface area (Å²) in [6.45, 7) is 3.68. The Balaban J connectivity index is 2.22. The zero-order chi connectivity index (χ0) is 19.4. The highest BCUT2D eigenvalue weighted by atomic mass is 19.1. The number of nitrogens with two attached hydrogens (primary N) is 1. The molecule has 0 radical (unpaired) electrons. The van der Waals surface area contributed by atoms with Gasteiger partial charge >= 0.3 is 5.69 Å². The van der Waals surface area contributed by atoms with Crippen LogP contribution >= 0.6 is 0 Å². The van der Waals surface area contributed by atoms with Crippen LogP contribution in [0.25, 0.3) is 0 Å². The summed E-state index contributed by atoms with van der Waals surface area (Å²) >= 11 is 0. The molecule has 0 heterocycles. The van der Waals surface area contributed by atoms with Crippen LogP contribution in [0.15, 0.2) is 36.4 Å². The Kier molecular flexibility index (Phi) is 5.66. The van der Waals surface area contributed by atoms with Crippen LogP contribution in [-0.2, 0) is 11.2 Å². The Hall–Kier alpha value is -3.29. The number of halogens is 1. The molecule has 0 aliphatic rings. The van der Waals surface area contributed by atoms with Gasteiger partial charge in [0.2, 0.25) is 11.7 Å². The molecule has 2 aromatic carbocycles. The first-order valence-electron chi connectivity index (χ1n) is 7.78. The summed E-state index contributed by atoms with van der Waals surface area (Å²) in [5.74, 6) is -2.26. The number of carbonyl (C=O) groups is 2. The topological polar surface area (TPSA) is 115 Å². The fourth-order valence-corrected chi connectivity index (χ4v) is 2.63. The van der Waals surface area contributed by atoms with E-state index in [9.17, 15) is 24.1 Å².